The summed E-state index contributed by atoms with van der Waals surface area (Å²) in [7, 11) is 3.65. The van der Waals surface area contributed by atoms with Crippen LogP contribution < -0.4 is 10.3 Å². The number of benzene rings is 1. The Kier molecular flexibility index (Phi) is 5.05. The lowest BCUT2D eigenvalue weighted by Gasteiger charge is -2.08. The molecule has 1 aromatic carbocycles. The van der Waals surface area contributed by atoms with Gasteiger partial charge in [-0.2, -0.15) is 5.10 Å². The van der Waals surface area contributed by atoms with Crippen molar-refractivity contribution in [3.05, 3.63) is 62.0 Å². The first-order chi connectivity index (χ1) is 15.0. The number of aryl methyl sites for hydroxylation is 5. The molecule has 1 saturated carbocycles. The van der Waals surface area contributed by atoms with Crippen molar-refractivity contribution in [2.45, 2.75) is 32.1 Å². The molecule has 1 aliphatic carbocycles. The summed E-state index contributed by atoms with van der Waals surface area (Å²) in [6.45, 7) is 2.49. The molecule has 3 aromatic heterocycles. The van der Waals surface area contributed by atoms with E-state index in [1.165, 1.54) is 10.1 Å². The Bertz CT molecular complexity index is 1310. The molecule has 0 aliphatic heterocycles. The molecule has 9 heteroatoms. The number of aromatic nitrogens is 6. The van der Waals surface area contributed by atoms with Crippen molar-refractivity contribution in [3.8, 4) is 5.88 Å². The fraction of sp³-hybridized carbons (Fsp3) is 0.409. The van der Waals surface area contributed by atoms with Gasteiger partial charge in [0.2, 0.25) is 5.88 Å². The quantitative estimate of drug-likeness (QED) is 0.443. The van der Waals surface area contributed by atoms with Gasteiger partial charge in [-0.25, -0.2) is 4.68 Å². The molecule has 2 atom stereocenters. The van der Waals surface area contributed by atoms with Gasteiger partial charge in [0, 0.05) is 49.4 Å². The lowest BCUT2D eigenvalue weighted by molar-refractivity contribution is 0.277. The summed E-state index contributed by atoms with van der Waals surface area (Å²) in [5.74, 6) is 1.30. The second kappa shape index (κ2) is 7.88. The summed E-state index contributed by atoms with van der Waals surface area (Å²) in [6, 6.07) is 10.1. The molecule has 0 amide bonds. The lowest BCUT2D eigenvalue weighted by atomic mass is 10.1. The highest BCUT2D eigenvalue weighted by atomic mass is 32.1. The summed E-state index contributed by atoms with van der Waals surface area (Å²) in [4.78, 5) is 12.5. The summed E-state index contributed by atoms with van der Waals surface area (Å²) in [6.07, 6.45) is 2.32. The Morgan fingerprint density at radius 3 is 2.77 bits per heavy atom. The molecule has 0 saturated heterocycles. The normalized spacial score (nSPS) is 17.9. The minimum atomic E-state index is -0.0992. The standard InChI is InChI=1S/C22H24N6O2S/c1-13-23-24-20(31-13)9-8-14-11-19(25-28(3)22(14)29)30-12-15-10-17(15)21-16-6-4-5-7-18(16)27(2)26-21/h4-7,11,15,17H,8-10,12H2,1-3H3/t15-,17+/m1/s1. The van der Waals surface area contributed by atoms with Crippen molar-refractivity contribution in [2.24, 2.45) is 20.0 Å². The SMILES string of the molecule is Cc1nnc(CCc2cc(OC[C@H]3C[C@@H]3c3nn(C)c4ccccc34)nn(C)c2=O)s1. The monoisotopic (exact) mass is 436 g/mol. The number of para-hydroxylation sites is 1. The average Bonchev–Trinajstić information content (AvgIpc) is 3.29. The molecule has 5 rings (SSSR count). The maximum absolute atomic E-state index is 12.5. The van der Waals surface area contributed by atoms with Gasteiger partial charge in [-0.3, -0.25) is 9.48 Å². The van der Waals surface area contributed by atoms with Crippen LogP contribution >= 0.6 is 11.3 Å². The molecule has 4 aromatic rings. The van der Waals surface area contributed by atoms with E-state index in [2.05, 4.69) is 33.5 Å². The molecule has 0 spiro atoms. The Labute approximate surface area is 183 Å². The second-order valence-electron chi connectivity index (χ2n) is 8.09. The second-order valence-corrected chi connectivity index (χ2v) is 9.36. The Balaban J connectivity index is 1.25. The zero-order valence-electron chi connectivity index (χ0n) is 17.8. The van der Waals surface area contributed by atoms with Gasteiger partial charge in [-0.05, 0) is 25.8 Å². The molecule has 1 fully saturated rings. The minimum absolute atomic E-state index is 0.0992. The first-order valence-corrected chi connectivity index (χ1v) is 11.2. The smallest absolute Gasteiger partial charge is 0.269 e. The topological polar surface area (TPSA) is 87.7 Å². The molecule has 8 nitrogen and oxygen atoms in total. The van der Waals surface area contributed by atoms with E-state index in [9.17, 15) is 4.79 Å². The van der Waals surface area contributed by atoms with Crippen molar-refractivity contribution in [2.75, 3.05) is 6.61 Å². The Morgan fingerprint density at radius 2 is 1.97 bits per heavy atom. The molecule has 0 unspecified atom stereocenters. The van der Waals surface area contributed by atoms with E-state index in [1.54, 1.807) is 24.5 Å². The molecular formula is C22H24N6O2S. The lowest BCUT2D eigenvalue weighted by Crippen LogP contribution is -2.24. The van der Waals surface area contributed by atoms with Crippen LogP contribution in [0.2, 0.25) is 0 Å². The largest absolute Gasteiger partial charge is 0.476 e. The maximum atomic E-state index is 12.5. The molecular weight excluding hydrogens is 412 g/mol. The maximum Gasteiger partial charge on any atom is 0.269 e. The van der Waals surface area contributed by atoms with E-state index >= 15 is 0 Å². The number of nitrogens with zero attached hydrogens (tertiary/aromatic N) is 6. The van der Waals surface area contributed by atoms with Crippen LogP contribution in [0.15, 0.2) is 35.1 Å². The van der Waals surface area contributed by atoms with E-state index in [1.807, 2.05) is 24.7 Å². The number of fused-ring (bicyclic) bond motifs is 1. The summed E-state index contributed by atoms with van der Waals surface area (Å²) in [5, 5.41) is 20.3. The molecule has 0 N–H and O–H groups in total. The number of hydrogen-bond acceptors (Lipinski definition) is 7. The summed E-state index contributed by atoms with van der Waals surface area (Å²) in [5.41, 5.74) is 2.88. The Morgan fingerprint density at radius 1 is 1.13 bits per heavy atom. The molecule has 3 heterocycles. The van der Waals surface area contributed by atoms with Gasteiger partial charge in [0.1, 0.15) is 10.0 Å². The fourth-order valence-corrected chi connectivity index (χ4v) is 4.75. The van der Waals surface area contributed by atoms with E-state index in [4.69, 9.17) is 9.84 Å². The first kappa shape index (κ1) is 19.9. The van der Waals surface area contributed by atoms with Gasteiger partial charge >= 0.3 is 0 Å². The zero-order chi connectivity index (χ0) is 21.5. The third-order valence-corrected chi connectivity index (χ3v) is 6.69. The average molecular weight is 437 g/mol. The number of ether oxygens (including phenoxy) is 1. The number of rotatable bonds is 7. The van der Waals surface area contributed by atoms with Gasteiger partial charge in [0.05, 0.1) is 17.8 Å². The van der Waals surface area contributed by atoms with Gasteiger partial charge in [0.25, 0.3) is 5.56 Å². The molecule has 31 heavy (non-hydrogen) atoms. The first-order valence-electron chi connectivity index (χ1n) is 10.4. The van der Waals surface area contributed by atoms with Crippen LogP contribution in [0.25, 0.3) is 10.9 Å². The van der Waals surface area contributed by atoms with Gasteiger partial charge in [0.15, 0.2) is 0 Å². The van der Waals surface area contributed by atoms with Crippen molar-refractivity contribution in [3.63, 3.8) is 0 Å². The van der Waals surface area contributed by atoms with Crippen LogP contribution in [0.3, 0.4) is 0 Å². The third-order valence-electron chi connectivity index (χ3n) is 5.80. The summed E-state index contributed by atoms with van der Waals surface area (Å²) >= 11 is 1.56. The highest BCUT2D eigenvalue weighted by Gasteiger charge is 2.42. The van der Waals surface area contributed by atoms with Gasteiger partial charge < -0.3 is 4.74 Å². The minimum Gasteiger partial charge on any atom is -0.476 e. The van der Waals surface area contributed by atoms with Crippen molar-refractivity contribution >= 4 is 22.2 Å². The van der Waals surface area contributed by atoms with Gasteiger partial charge in [-0.1, -0.05) is 18.2 Å². The van der Waals surface area contributed by atoms with E-state index in [0.717, 1.165) is 27.6 Å². The highest BCUT2D eigenvalue weighted by molar-refractivity contribution is 7.11. The zero-order valence-corrected chi connectivity index (χ0v) is 18.6. The summed E-state index contributed by atoms with van der Waals surface area (Å²) < 4.78 is 9.30. The van der Waals surface area contributed by atoms with Crippen LogP contribution in [0.1, 0.15) is 33.6 Å². The van der Waals surface area contributed by atoms with Gasteiger partial charge in [-0.15, -0.1) is 26.6 Å². The van der Waals surface area contributed by atoms with Crippen LogP contribution in [-0.4, -0.2) is 36.4 Å². The van der Waals surface area contributed by atoms with Crippen LogP contribution in [0.4, 0.5) is 0 Å². The molecule has 1 aliphatic rings. The highest BCUT2D eigenvalue weighted by Crippen LogP contribution is 2.48. The third kappa shape index (κ3) is 3.97. The molecule has 0 radical (unpaired) electrons. The van der Waals surface area contributed by atoms with Crippen molar-refractivity contribution < 1.29 is 4.74 Å². The van der Waals surface area contributed by atoms with Crippen LogP contribution in [0.5, 0.6) is 5.88 Å². The van der Waals surface area contributed by atoms with E-state index in [0.29, 0.717) is 42.7 Å². The number of hydrogen-bond donors (Lipinski definition) is 0. The van der Waals surface area contributed by atoms with Crippen molar-refractivity contribution in [1.29, 1.82) is 0 Å². The van der Waals surface area contributed by atoms with E-state index in [-0.39, 0.29) is 5.56 Å². The fourth-order valence-electron chi connectivity index (χ4n) is 4.05. The van der Waals surface area contributed by atoms with Crippen molar-refractivity contribution in [1.82, 2.24) is 29.8 Å². The molecule has 0 bridgehead atoms. The van der Waals surface area contributed by atoms with E-state index < -0.39 is 0 Å². The Hall–Kier alpha value is -3.07. The molecule has 160 valence electrons. The van der Waals surface area contributed by atoms with Crippen LogP contribution in [0, 0.1) is 12.8 Å². The van der Waals surface area contributed by atoms with Crippen LogP contribution in [-0.2, 0) is 26.9 Å². The predicted octanol–water partition coefficient (Wildman–Crippen LogP) is 2.79. The predicted molar refractivity (Wildman–Crippen MR) is 119 cm³/mol.